The summed E-state index contributed by atoms with van der Waals surface area (Å²) in [4.78, 5) is 36.1. The fourth-order valence-electron chi connectivity index (χ4n) is 2.96. The molecule has 0 spiro atoms. The number of benzene rings is 2. The molecule has 2 heterocycles. The summed E-state index contributed by atoms with van der Waals surface area (Å²) >= 11 is 0. The predicted octanol–water partition coefficient (Wildman–Crippen LogP) is 3.12. The van der Waals surface area contributed by atoms with Gasteiger partial charge in [-0.1, -0.05) is 18.2 Å². The van der Waals surface area contributed by atoms with Crippen LogP contribution in [0.4, 0.5) is 0 Å². The van der Waals surface area contributed by atoms with Crippen LogP contribution in [-0.4, -0.2) is 19.7 Å². The minimum atomic E-state index is -0.643. The van der Waals surface area contributed by atoms with Gasteiger partial charge in [0.2, 0.25) is 0 Å². The first-order chi connectivity index (χ1) is 13.5. The number of carbonyl (C=O) groups excluding carboxylic acids is 1. The van der Waals surface area contributed by atoms with E-state index in [0.29, 0.717) is 16.5 Å². The summed E-state index contributed by atoms with van der Waals surface area (Å²) in [5.41, 5.74) is 0.0338. The van der Waals surface area contributed by atoms with Crippen molar-refractivity contribution in [1.82, 2.24) is 0 Å². The Bertz CT molecular complexity index is 1310. The molecule has 0 saturated heterocycles. The van der Waals surface area contributed by atoms with E-state index in [1.807, 2.05) is 12.1 Å². The van der Waals surface area contributed by atoms with E-state index in [-0.39, 0.29) is 23.5 Å². The number of hydrogen-bond donors (Lipinski definition) is 0. The fourth-order valence-corrected chi connectivity index (χ4v) is 2.96. The van der Waals surface area contributed by atoms with Crippen LogP contribution in [0, 0.1) is 0 Å². The molecule has 0 amide bonds. The molecule has 0 aliphatic rings. The van der Waals surface area contributed by atoms with E-state index in [2.05, 4.69) is 0 Å². The van der Waals surface area contributed by atoms with E-state index >= 15 is 0 Å². The number of ether oxygens (including phenoxy) is 2. The molecule has 0 aliphatic carbocycles. The number of hydrogen-bond acceptors (Lipinski definition) is 7. The van der Waals surface area contributed by atoms with Crippen molar-refractivity contribution in [2.24, 2.45) is 0 Å². The largest absolute Gasteiger partial charge is 0.425 e. The van der Waals surface area contributed by atoms with Gasteiger partial charge in [0.1, 0.15) is 23.5 Å². The molecule has 0 saturated carbocycles. The van der Waals surface area contributed by atoms with E-state index in [1.165, 1.54) is 19.2 Å². The summed E-state index contributed by atoms with van der Waals surface area (Å²) in [6.45, 7) is -0.208. The second-order valence-electron chi connectivity index (χ2n) is 6.03. The first kappa shape index (κ1) is 17.7. The average Bonchev–Trinajstić information content (AvgIpc) is 2.66. The maximum absolute atomic E-state index is 12.5. The number of fused-ring (bicyclic) bond motifs is 2. The summed E-state index contributed by atoms with van der Waals surface area (Å²) in [5, 5.41) is 1.23. The van der Waals surface area contributed by atoms with E-state index in [0.717, 1.165) is 5.39 Å². The summed E-state index contributed by atoms with van der Waals surface area (Å²) in [7, 11) is 1.38. The topological polar surface area (TPSA) is 96.0 Å². The lowest BCUT2D eigenvalue weighted by atomic mass is 10.0. The van der Waals surface area contributed by atoms with Gasteiger partial charge in [-0.05, 0) is 24.3 Å². The standard InChI is InChI=1S/C21H14O7/c1-25-11-20(23)26-13-6-7-14-15(10-19(22)27-18(14)9-13)16-8-12-4-2-3-5-17(12)28-21(16)24/h2-10H,11H2,1H3. The van der Waals surface area contributed by atoms with Crippen LogP contribution >= 0.6 is 0 Å². The quantitative estimate of drug-likeness (QED) is 0.306. The fraction of sp³-hybridized carbons (Fsp3) is 0.0952. The summed E-state index contributed by atoms with van der Waals surface area (Å²) in [6.07, 6.45) is 0. The lowest BCUT2D eigenvalue weighted by Crippen LogP contribution is -2.14. The van der Waals surface area contributed by atoms with Crippen molar-refractivity contribution in [2.45, 2.75) is 0 Å². The Morgan fingerprint density at radius 2 is 1.75 bits per heavy atom. The molecule has 0 aliphatic heterocycles. The molecule has 0 bridgehead atoms. The lowest BCUT2D eigenvalue weighted by molar-refractivity contribution is -0.138. The third-order valence-electron chi connectivity index (χ3n) is 4.14. The van der Waals surface area contributed by atoms with Crippen LogP contribution in [0.25, 0.3) is 33.1 Å². The Kier molecular flexibility index (Phi) is 4.50. The highest BCUT2D eigenvalue weighted by Gasteiger charge is 2.15. The normalized spacial score (nSPS) is 11.0. The van der Waals surface area contributed by atoms with Crippen LogP contribution in [0.1, 0.15) is 0 Å². The van der Waals surface area contributed by atoms with Crippen LogP contribution in [0.5, 0.6) is 5.75 Å². The van der Waals surface area contributed by atoms with Gasteiger partial charge < -0.3 is 18.3 Å². The maximum Gasteiger partial charge on any atom is 0.344 e. The first-order valence-corrected chi connectivity index (χ1v) is 8.36. The van der Waals surface area contributed by atoms with Crippen molar-refractivity contribution in [3.05, 3.63) is 75.4 Å². The smallest absolute Gasteiger partial charge is 0.344 e. The Balaban J connectivity index is 1.88. The van der Waals surface area contributed by atoms with Crippen molar-refractivity contribution in [2.75, 3.05) is 13.7 Å². The summed E-state index contributed by atoms with van der Waals surface area (Å²) < 4.78 is 20.4. The highest BCUT2D eigenvalue weighted by Crippen LogP contribution is 2.29. The number of esters is 1. The van der Waals surface area contributed by atoms with Crippen LogP contribution < -0.4 is 16.0 Å². The zero-order valence-corrected chi connectivity index (χ0v) is 14.8. The molecule has 0 N–H and O–H groups in total. The minimum absolute atomic E-state index is 0.178. The second kappa shape index (κ2) is 7.13. The molecule has 2 aromatic carbocycles. The van der Waals surface area contributed by atoms with Crippen molar-refractivity contribution in [1.29, 1.82) is 0 Å². The Morgan fingerprint density at radius 3 is 2.57 bits per heavy atom. The number of methoxy groups -OCH3 is 1. The first-order valence-electron chi connectivity index (χ1n) is 8.36. The van der Waals surface area contributed by atoms with Gasteiger partial charge in [-0.3, -0.25) is 0 Å². The van der Waals surface area contributed by atoms with Crippen molar-refractivity contribution in [3.8, 4) is 16.9 Å². The van der Waals surface area contributed by atoms with Gasteiger partial charge in [0.05, 0.1) is 5.56 Å². The van der Waals surface area contributed by atoms with E-state index in [1.54, 1.807) is 30.3 Å². The van der Waals surface area contributed by atoms with E-state index < -0.39 is 17.2 Å². The van der Waals surface area contributed by atoms with E-state index in [4.69, 9.17) is 18.3 Å². The molecule has 140 valence electrons. The Labute approximate surface area is 157 Å². The zero-order chi connectivity index (χ0) is 19.7. The Morgan fingerprint density at radius 1 is 0.929 bits per heavy atom. The molecular weight excluding hydrogens is 364 g/mol. The molecular formula is C21H14O7. The summed E-state index contributed by atoms with van der Waals surface area (Å²) in [5.74, 6) is -0.393. The maximum atomic E-state index is 12.5. The van der Waals surface area contributed by atoms with Gasteiger partial charge in [-0.2, -0.15) is 0 Å². The van der Waals surface area contributed by atoms with Crippen LogP contribution in [0.15, 0.2) is 73.0 Å². The van der Waals surface area contributed by atoms with Crippen molar-refractivity contribution in [3.63, 3.8) is 0 Å². The summed E-state index contributed by atoms with van der Waals surface area (Å²) in [6, 6.07) is 14.6. The van der Waals surface area contributed by atoms with Gasteiger partial charge in [0.15, 0.2) is 0 Å². The van der Waals surface area contributed by atoms with Crippen molar-refractivity contribution >= 4 is 27.9 Å². The number of para-hydroxylation sites is 1. The van der Waals surface area contributed by atoms with Crippen LogP contribution in [-0.2, 0) is 9.53 Å². The number of rotatable bonds is 4. The molecule has 2 aromatic heterocycles. The molecule has 4 aromatic rings. The van der Waals surface area contributed by atoms with Crippen molar-refractivity contribution < 1.29 is 23.1 Å². The molecule has 0 unspecified atom stereocenters. The van der Waals surface area contributed by atoms with E-state index in [9.17, 15) is 14.4 Å². The predicted molar refractivity (Wildman–Crippen MR) is 101 cm³/mol. The van der Waals surface area contributed by atoms with Gasteiger partial charge in [0, 0.05) is 35.6 Å². The average molecular weight is 378 g/mol. The third-order valence-corrected chi connectivity index (χ3v) is 4.14. The van der Waals surface area contributed by atoms with Gasteiger partial charge in [-0.15, -0.1) is 0 Å². The molecule has 4 rings (SSSR count). The lowest BCUT2D eigenvalue weighted by Gasteiger charge is -2.08. The molecule has 7 heteroatoms. The van der Waals surface area contributed by atoms with Gasteiger partial charge in [-0.25, -0.2) is 14.4 Å². The highest BCUT2D eigenvalue weighted by atomic mass is 16.6. The molecule has 0 atom stereocenters. The molecule has 0 fully saturated rings. The monoisotopic (exact) mass is 378 g/mol. The second-order valence-corrected chi connectivity index (χ2v) is 6.03. The molecule has 28 heavy (non-hydrogen) atoms. The zero-order valence-electron chi connectivity index (χ0n) is 14.8. The molecule has 7 nitrogen and oxygen atoms in total. The highest BCUT2D eigenvalue weighted by molar-refractivity contribution is 5.95. The van der Waals surface area contributed by atoms with Gasteiger partial charge >= 0.3 is 17.2 Å². The number of carbonyl (C=O) groups is 1. The Hall–Kier alpha value is -3.71. The third kappa shape index (κ3) is 3.30. The van der Waals surface area contributed by atoms with Crippen LogP contribution in [0.2, 0.25) is 0 Å². The van der Waals surface area contributed by atoms with Gasteiger partial charge in [0.25, 0.3) is 0 Å². The van der Waals surface area contributed by atoms with Crippen LogP contribution in [0.3, 0.4) is 0 Å². The minimum Gasteiger partial charge on any atom is -0.425 e. The molecule has 0 radical (unpaired) electrons. The SMILES string of the molecule is COCC(=O)Oc1ccc2c(-c3cc4ccccc4oc3=O)cc(=O)oc2c1.